The lowest BCUT2D eigenvalue weighted by Crippen LogP contribution is -2.40. The van der Waals surface area contributed by atoms with Gasteiger partial charge in [0.2, 0.25) is 0 Å². The first-order valence-corrected chi connectivity index (χ1v) is 14.3. The molecule has 1 aliphatic rings. The summed E-state index contributed by atoms with van der Waals surface area (Å²) in [7, 11) is 1.56. The molecule has 0 bridgehead atoms. The molecule has 9 nitrogen and oxygen atoms in total. The zero-order valence-electron chi connectivity index (χ0n) is 23.5. The smallest absolute Gasteiger partial charge is 0.338 e. The highest BCUT2D eigenvalue weighted by molar-refractivity contribution is 7.07. The predicted molar refractivity (Wildman–Crippen MR) is 162 cm³/mol. The first-order chi connectivity index (χ1) is 20.8. The molecule has 0 saturated carbocycles. The van der Waals surface area contributed by atoms with E-state index in [2.05, 4.69) is 4.99 Å². The number of fused-ring (bicyclic) bond motifs is 2. The van der Waals surface area contributed by atoms with Gasteiger partial charge in [0.05, 0.1) is 35.1 Å². The number of aromatic carboxylic acids is 1. The fourth-order valence-electron chi connectivity index (χ4n) is 5.29. The predicted octanol–water partition coefficient (Wildman–Crippen LogP) is 4.92. The maximum Gasteiger partial charge on any atom is 0.338 e. The summed E-state index contributed by atoms with van der Waals surface area (Å²) >= 11 is 1.19. The number of aromatic nitrogens is 1. The molecule has 0 fully saturated rings. The third kappa shape index (κ3) is 4.95. The highest BCUT2D eigenvalue weighted by Gasteiger charge is 2.36. The second-order valence-corrected chi connectivity index (χ2v) is 10.8. The Hall–Kier alpha value is -5.22. The van der Waals surface area contributed by atoms with Crippen molar-refractivity contribution in [1.82, 2.24) is 4.57 Å². The Morgan fingerprint density at radius 3 is 2.56 bits per heavy atom. The lowest BCUT2D eigenvalue weighted by Gasteiger charge is -2.27. The van der Waals surface area contributed by atoms with Crippen molar-refractivity contribution in [3.05, 3.63) is 121 Å². The fourth-order valence-corrected chi connectivity index (χ4v) is 6.32. The van der Waals surface area contributed by atoms with Gasteiger partial charge in [-0.2, -0.15) is 0 Å². The number of nitrogens with zero attached hydrogens (tertiary/aromatic N) is 2. The number of rotatable bonds is 7. The molecule has 3 heterocycles. The van der Waals surface area contributed by atoms with Crippen LogP contribution in [0.4, 0.5) is 0 Å². The van der Waals surface area contributed by atoms with E-state index >= 15 is 0 Å². The van der Waals surface area contributed by atoms with Crippen molar-refractivity contribution in [2.24, 2.45) is 4.99 Å². The lowest BCUT2D eigenvalue weighted by molar-refractivity contribution is -0.139. The molecule has 0 radical (unpaired) electrons. The molecule has 3 aromatic carbocycles. The van der Waals surface area contributed by atoms with Crippen molar-refractivity contribution in [3.63, 3.8) is 0 Å². The number of hydrogen-bond acceptors (Lipinski definition) is 8. The third-order valence-electron chi connectivity index (χ3n) is 7.26. The number of carboxylic acid groups (broad SMARTS) is 1. The van der Waals surface area contributed by atoms with Crippen LogP contribution >= 0.6 is 11.3 Å². The summed E-state index contributed by atoms with van der Waals surface area (Å²) in [6.07, 6.45) is 1.64. The molecule has 1 N–H and O–H groups in total. The molecule has 0 spiro atoms. The van der Waals surface area contributed by atoms with Crippen LogP contribution in [0.3, 0.4) is 0 Å². The number of benzene rings is 3. The minimum atomic E-state index is -1.01. The average molecular weight is 595 g/mol. The molecule has 216 valence electrons. The summed E-state index contributed by atoms with van der Waals surface area (Å²) in [4.78, 5) is 43.8. The van der Waals surface area contributed by atoms with Crippen molar-refractivity contribution in [1.29, 1.82) is 0 Å². The maximum atomic E-state index is 14.1. The summed E-state index contributed by atoms with van der Waals surface area (Å²) < 4.78 is 19.1. The van der Waals surface area contributed by atoms with Crippen LogP contribution in [0.2, 0.25) is 0 Å². The molecule has 10 heteroatoms. The number of allylic oxidation sites excluding steroid dienone is 1. The largest absolute Gasteiger partial charge is 0.496 e. The molecule has 43 heavy (non-hydrogen) atoms. The topological polar surface area (TPSA) is 120 Å². The normalized spacial score (nSPS) is 14.9. The fraction of sp³-hybridized carbons (Fsp3) is 0.152. The van der Waals surface area contributed by atoms with Gasteiger partial charge in [-0.3, -0.25) is 9.36 Å². The van der Waals surface area contributed by atoms with Gasteiger partial charge in [0.15, 0.2) is 4.80 Å². The van der Waals surface area contributed by atoms with Crippen LogP contribution in [0.25, 0.3) is 28.2 Å². The number of ether oxygens (including phenoxy) is 2. The Kier molecular flexibility index (Phi) is 7.29. The van der Waals surface area contributed by atoms with Crippen LogP contribution in [-0.2, 0) is 9.53 Å². The molecule has 1 atom stereocenters. The molecule has 5 aromatic rings. The zero-order chi connectivity index (χ0) is 30.2. The lowest BCUT2D eigenvalue weighted by atomic mass is 9.90. The van der Waals surface area contributed by atoms with E-state index in [0.29, 0.717) is 43.4 Å². The van der Waals surface area contributed by atoms with Gasteiger partial charge in [0.25, 0.3) is 5.56 Å². The number of esters is 1. The van der Waals surface area contributed by atoms with E-state index in [1.807, 2.05) is 36.4 Å². The summed E-state index contributed by atoms with van der Waals surface area (Å²) in [5.41, 5.74) is 1.91. The van der Waals surface area contributed by atoms with Gasteiger partial charge in [0.1, 0.15) is 23.3 Å². The number of hydrogen-bond donors (Lipinski definition) is 1. The van der Waals surface area contributed by atoms with Gasteiger partial charge in [-0.1, -0.05) is 53.8 Å². The SMILES string of the molecule is CCOC(=O)C1=C(C)N=c2s/c(=C/c3ccc(-c4ccc(C(=O)O)cc4)o3)c(=O)n2[C@@H]1c1c(OC)ccc2ccccc12. The molecule has 2 aromatic heterocycles. The van der Waals surface area contributed by atoms with Crippen molar-refractivity contribution in [2.75, 3.05) is 13.7 Å². The van der Waals surface area contributed by atoms with Crippen LogP contribution in [0, 0.1) is 0 Å². The number of methoxy groups -OCH3 is 1. The van der Waals surface area contributed by atoms with Crippen LogP contribution in [-0.4, -0.2) is 35.3 Å². The molecule has 1 aliphatic heterocycles. The van der Waals surface area contributed by atoms with E-state index in [-0.39, 0.29) is 23.3 Å². The summed E-state index contributed by atoms with van der Waals surface area (Å²) in [6, 6.07) is 20.5. The second kappa shape index (κ2) is 11.2. The number of furan rings is 1. The van der Waals surface area contributed by atoms with Gasteiger partial charge in [0, 0.05) is 17.2 Å². The quantitative estimate of drug-likeness (QED) is 0.266. The molecular formula is C33H26N2O7S. The van der Waals surface area contributed by atoms with Crippen LogP contribution in [0.15, 0.2) is 98.3 Å². The third-order valence-corrected chi connectivity index (χ3v) is 8.24. The molecule has 0 aliphatic carbocycles. The molecule has 0 amide bonds. The summed E-state index contributed by atoms with van der Waals surface area (Å²) in [5.74, 6) is -0.0808. The second-order valence-electron chi connectivity index (χ2n) is 9.79. The highest BCUT2D eigenvalue weighted by Crippen LogP contribution is 2.40. The standard InChI is InChI=1S/C33H26N2O7S/c1-4-41-32(39)27-18(2)34-33-35(29(27)28-23-8-6-5-7-19(23)13-15-25(28)40-3)30(36)26(43-33)17-22-14-16-24(42-22)20-9-11-21(12-10-20)31(37)38/h5-17,29H,4H2,1-3H3,(H,37,38)/b26-17+/t29-/m0/s1. The van der Waals surface area contributed by atoms with E-state index in [4.69, 9.17) is 13.9 Å². The molecule has 0 saturated heterocycles. The van der Waals surface area contributed by atoms with Crippen molar-refractivity contribution >= 4 is 40.1 Å². The van der Waals surface area contributed by atoms with Crippen molar-refractivity contribution in [2.45, 2.75) is 19.9 Å². The van der Waals surface area contributed by atoms with Crippen molar-refractivity contribution in [3.8, 4) is 17.1 Å². The summed E-state index contributed by atoms with van der Waals surface area (Å²) in [6.45, 7) is 3.64. The average Bonchev–Trinajstić information content (AvgIpc) is 3.60. The van der Waals surface area contributed by atoms with E-state index < -0.39 is 18.0 Å². The number of carbonyl (C=O) groups is 2. The van der Waals surface area contributed by atoms with E-state index in [9.17, 15) is 19.5 Å². The molecule has 0 unspecified atom stereocenters. The van der Waals surface area contributed by atoms with Crippen LogP contribution in [0.5, 0.6) is 5.75 Å². The Balaban J connectivity index is 1.53. The number of carbonyl (C=O) groups excluding carboxylic acids is 1. The Bertz CT molecular complexity index is 2120. The molecular weight excluding hydrogens is 568 g/mol. The van der Waals surface area contributed by atoms with Crippen LogP contribution < -0.4 is 19.6 Å². The summed E-state index contributed by atoms with van der Waals surface area (Å²) in [5, 5.41) is 10.9. The monoisotopic (exact) mass is 594 g/mol. The minimum absolute atomic E-state index is 0.166. The van der Waals surface area contributed by atoms with Gasteiger partial charge >= 0.3 is 11.9 Å². The van der Waals surface area contributed by atoms with Gasteiger partial charge < -0.3 is 19.0 Å². The van der Waals surface area contributed by atoms with E-state index in [1.165, 1.54) is 28.0 Å². The first-order valence-electron chi connectivity index (χ1n) is 13.5. The van der Waals surface area contributed by atoms with Gasteiger partial charge in [-0.05, 0) is 55.0 Å². The maximum absolute atomic E-state index is 14.1. The highest BCUT2D eigenvalue weighted by atomic mass is 32.1. The Labute approximate surface area is 249 Å². The van der Waals surface area contributed by atoms with Crippen LogP contribution in [0.1, 0.15) is 41.6 Å². The van der Waals surface area contributed by atoms with E-state index in [0.717, 1.165) is 10.8 Å². The minimum Gasteiger partial charge on any atom is -0.496 e. The first kappa shape index (κ1) is 27.9. The van der Waals surface area contributed by atoms with Gasteiger partial charge in [-0.25, -0.2) is 14.6 Å². The number of thiazole rings is 1. The Morgan fingerprint density at radius 1 is 1.07 bits per heavy atom. The molecule has 6 rings (SSSR count). The number of carboxylic acids is 1. The van der Waals surface area contributed by atoms with Gasteiger partial charge in [-0.15, -0.1) is 0 Å². The Morgan fingerprint density at radius 2 is 1.84 bits per heavy atom. The zero-order valence-corrected chi connectivity index (χ0v) is 24.3. The van der Waals surface area contributed by atoms with E-state index in [1.54, 1.807) is 51.3 Å². The van der Waals surface area contributed by atoms with Crippen molar-refractivity contribution < 1.29 is 28.6 Å².